The molecule has 0 aromatic rings. The van der Waals surface area contributed by atoms with Crippen LogP contribution >= 0.6 is 24.2 Å². The number of hydrogen-bond donors (Lipinski definition) is 1. The quantitative estimate of drug-likeness (QED) is 0.866. The summed E-state index contributed by atoms with van der Waals surface area (Å²) in [5, 5.41) is 3.12. The molecular weight excluding hydrogens is 304 g/mol. The van der Waals surface area contributed by atoms with Crippen LogP contribution in [0.25, 0.3) is 0 Å². The number of aliphatic imine (C=N–C) groups is 1. The minimum absolute atomic E-state index is 0. The van der Waals surface area contributed by atoms with Crippen molar-refractivity contribution in [3.63, 3.8) is 0 Å². The Morgan fingerprint density at radius 2 is 2.33 bits per heavy atom. The number of thioether (sulfide) groups is 1. The molecule has 3 nitrogen and oxygen atoms in total. The van der Waals surface area contributed by atoms with Crippen LogP contribution in [0.3, 0.4) is 0 Å². The van der Waals surface area contributed by atoms with Gasteiger partial charge in [-0.05, 0) is 24.3 Å². The van der Waals surface area contributed by atoms with Gasteiger partial charge in [0.05, 0.1) is 16.4 Å². The maximum atomic E-state index is 12.5. The van der Waals surface area contributed by atoms with Crippen LogP contribution < -0.4 is 5.32 Å². The Bertz CT molecular complexity index is 501. The molecule has 1 saturated heterocycles. The van der Waals surface area contributed by atoms with Crippen molar-refractivity contribution in [3.05, 3.63) is 24.3 Å². The summed E-state index contributed by atoms with van der Waals surface area (Å²) in [6.07, 6.45) is 9.57. The van der Waals surface area contributed by atoms with E-state index >= 15 is 0 Å². The molecule has 0 radical (unpaired) electrons. The summed E-state index contributed by atoms with van der Waals surface area (Å²) in [6.45, 7) is 5.89. The second-order valence-corrected chi connectivity index (χ2v) is 7.53. The molecule has 0 bridgehead atoms. The zero-order valence-electron chi connectivity index (χ0n) is 12.5. The molecule has 116 valence electrons. The van der Waals surface area contributed by atoms with Crippen LogP contribution in [0.2, 0.25) is 0 Å². The highest BCUT2D eigenvalue weighted by molar-refractivity contribution is 8.02. The first-order chi connectivity index (χ1) is 9.63. The van der Waals surface area contributed by atoms with E-state index in [0.29, 0.717) is 11.8 Å². The van der Waals surface area contributed by atoms with Crippen LogP contribution in [0.4, 0.5) is 0 Å². The Hall–Kier alpha value is -0.740. The lowest BCUT2D eigenvalue weighted by molar-refractivity contribution is -0.125. The molecule has 1 amide bonds. The fraction of sp³-hybridized carbons (Fsp3) is 0.625. The average Bonchev–Trinajstić information content (AvgIpc) is 2.82. The molecule has 2 heterocycles. The third kappa shape index (κ3) is 2.93. The van der Waals surface area contributed by atoms with Gasteiger partial charge in [-0.25, -0.2) is 0 Å². The average molecular weight is 327 g/mol. The Morgan fingerprint density at radius 1 is 1.52 bits per heavy atom. The normalized spacial score (nSPS) is 33.0. The number of nitrogens with zero attached hydrogens (tertiary/aromatic N) is 1. The van der Waals surface area contributed by atoms with E-state index in [9.17, 15) is 4.79 Å². The molecule has 3 rings (SSSR count). The van der Waals surface area contributed by atoms with Gasteiger partial charge in [0.15, 0.2) is 0 Å². The number of carbonyl (C=O) groups is 1. The first-order valence-corrected chi connectivity index (χ1v) is 8.44. The van der Waals surface area contributed by atoms with Crippen molar-refractivity contribution < 1.29 is 4.79 Å². The van der Waals surface area contributed by atoms with Crippen LogP contribution in [0.5, 0.6) is 0 Å². The first kappa shape index (κ1) is 16.6. The smallest absolute Gasteiger partial charge is 0.224 e. The highest BCUT2D eigenvalue weighted by Gasteiger charge is 2.53. The molecule has 1 aliphatic carbocycles. The Kier molecular flexibility index (Phi) is 5.20. The van der Waals surface area contributed by atoms with Crippen molar-refractivity contribution in [2.24, 2.45) is 22.7 Å². The molecule has 1 N–H and O–H groups in total. The van der Waals surface area contributed by atoms with Gasteiger partial charge in [-0.2, -0.15) is 0 Å². The summed E-state index contributed by atoms with van der Waals surface area (Å²) in [4.78, 5) is 17.1. The molecule has 3 aliphatic rings. The molecule has 3 atom stereocenters. The molecule has 1 fully saturated rings. The SMILES string of the molecule is CC(C)CNC(=O)C1CSC23C=CC=CC2=NCCC13.Cl. The van der Waals surface area contributed by atoms with E-state index in [2.05, 4.69) is 48.5 Å². The van der Waals surface area contributed by atoms with Crippen molar-refractivity contribution in [2.75, 3.05) is 18.8 Å². The lowest BCUT2D eigenvalue weighted by atomic mass is 9.74. The molecule has 0 aromatic heterocycles. The van der Waals surface area contributed by atoms with E-state index in [1.54, 1.807) is 0 Å². The molecule has 1 spiro atoms. The van der Waals surface area contributed by atoms with Gasteiger partial charge in [0.25, 0.3) is 0 Å². The number of carbonyl (C=O) groups excluding carboxylic acids is 1. The standard InChI is InChI=1S/C16H22N2OS.ClH/c1-11(2)9-18-15(19)12-10-20-16-7-4-3-5-14(16)17-8-6-13(12)16;/h3-5,7,11-13H,6,8-10H2,1-2H3,(H,18,19);1H. The van der Waals surface area contributed by atoms with Gasteiger partial charge in [-0.15, -0.1) is 24.2 Å². The summed E-state index contributed by atoms with van der Waals surface area (Å²) in [5.74, 6) is 2.17. The maximum Gasteiger partial charge on any atom is 0.224 e. The van der Waals surface area contributed by atoms with Crippen molar-refractivity contribution in [1.82, 2.24) is 5.32 Å². The number of amides is 1. The number of nitrogens with one attached hydrogen (secondary N) is 1. The molecule has 2 aliphatic heterocycles. The van der Waals surface area contributed by atoms with Gasteiger partial charge in [-0.1, -0.05) is 32.1 Å². The molecule has 0 aromatic carbocycles. The van der Waals surface area contributed by atoms with E-state index in [-0.39, 0.29) is 29.0 Å². The van der Waals surface area contributed by atoms with Crippen LogP contribution in [0, 0.1) is 17.8 Å². The fourth-order valence-corrected chi connectivity index (χ4v) is 5.15. The van der Waals surface area contributed by atoms with Crippen LogP contribution in [-0.4, -0.2) is 35.2 Å². The minimum Gasteiger partial charge on any atom is -0.356 e. The van der Waals surface area contributed by atoms with Gasteiger partial charge in [0, 0.05) is 18.8 Å². The van der Waals surface area contributed by atoms with Gasteiger partial charge in [0.1, 0.15) is 0 Å². The monoisotopic (exact) mass is 326 g/mol. The van der Waals surface area contributed by atoms with Crippen LogP contribution in [0.15, 0.2) is 29.3 Å². The van der Waals surface area contributed by atoms with Gasteiger partial charge in [-0.3, -0.25) is 9.79 Å². The van der Waals surface area contributed by atoms with Crippen LogP contribution in [0.1, 0.15) is 20.3 Å². The van der Waals surface area contributed by atoms with Gasteiger partial charge < -0.3 is 5.32 Å². The fourth-order valence-electron chi connectivity index (χ4n) is 3.36. The molecule has 5 heteroatoms. The minimum atomic E-state index is -0.0349. The summed E-state index contributed by atoms with van der Waals surface area (Å²) < 4.78 is -0.0349. The van der Waals surface area contributed by atoms with Gasteiger partial charge in [0.2, 0.25) is 5.91 Å². The molecule has 21 heavy (non-hydrogen) atoms. The first-order valence-electron chi connectivity index (χ1n) is 7.46. The second-order valence-electron chi connectivity index (χ2n) is 6.23. The summed E-state index contributed by atoms with van der Waals surface area (Å²) >= 11 is 1.90. The van der Waals surface area contributed by atoms with E-state index in [4.69, 9.17) is 0 Å². The number of allylic oxidation sites excluding steroid dienone is 3. The van der Waals surface area contributed by atoms with E-state index in [1.807, 2.05) is 11.8 Å². The van der Waals surface area contributed by atoms with Crippen molar-refractivity contribution in [1.29, 1.82) is 0 Å². The zero-order valence-corrected chi connectivity index (χ0v) is 14.2. The Labute approximate surface area is 137 Å². The summed E-state index contributed by atoms with van der Waals surface area (Å²) in [6, 6.07) is 0. The number of rotatable bonds is 3. The third-order valence-electron chi connectivity index (χ3n) is 4.39. The van der Waals surface area contributed by atoms with E-state index < -0.39 is 0 Å². The highest BCUT2D eigenvalue weighted by Crippen LogP contribution is 2.52. The molecule has 3 unspecified atom stereocenters. The topological polar surface area (TPSA) is 41.5 Å². The van der Waals surface area contributed by atoms with Crippen molar-refractivity contribution in [3.8, 4) is 0 Å². The van der Waals surface area contributed by atoms with Crippen molar-refractivity contribution in [2.45, 2.75) is 25.0 Å². The zero-order chi connectivity index (χ0) is 14.2. The Balaban J connectivity index is 0.00000161. The maximum absolute atomic E-state index is 12.5. The highest BCUT2D eigenvalue weighted by atomic mass is 35.5. The number of halogens is 1. The van der Waals surface area contributed by atoms with E-state index in [0.717, 1.165) is 25.3 Å². The number of hydrogen-bond acceptors (Lipinski definition) is 3. The van der Waals surface area contributed by atoms with Gasteiger partial charge >= 0.3 is 0 Å². The largest absolute Gasteiger partial charge is 0.356 e. The predicted molar refractivity (Wildman–Crippen MR) is 92.5 cm³/mol. The lowest BCUT2D eigenvalue weighted by Crippen LogP contribution is -2.46. The van der Waals surface area contributed by atoms with Crippen LogP contribution in [-0.2, 0) is 4.79 Å². The second kappa shape index (κ2) is 6.57. The summed E-state index contributed by atoms with van der Waals surface area (Å²) in [5.41, 5.74) is 1.17. The third-order valence-corrected chi connectivity index (χ3v) is 6.04. The van der Waals surface area contributed by atoms with E-state index in [1.165, 1.54) is 5.71 Å². The summed E-state index contributed by atoms with van der Waals surface area (Å²) in [7, 11) is 0. The lowest BCUT2D eigenvalue weighted by Gasteiger charge is -2.38. The predicted octanol–water partition coefficient (Wildman–Crippen LogP) is 2.87. The van der Waals surface area contributed by atoms with Crippen molar-refractivity contribution >= 4 is 35.8 Å². The Morgan fingerprint density at radius 3 is 3.10 bits per heavy atom. The molecular formula is C16H23ClN2OS. The molecule has 0 saturated carbocycles.